The second kappa shape index (κ2) is 19.3. The van der Waals surface area contributed by atoms with Crippen LogP contribution < -0.4 is 9.47 Å². The number of esters is 4. The van der Waals surface area contributed by atoms with E-state index in [0.29, 0.717) is 101 Å². The van der Waals surface area contributed by atoms with Gasteiger partial charge in [0, 0.05) is 24.0 Å². The molecule has 0 aromatic heterocycles. The molecular weight excluding hydrogens is 672 g/mol. The van der Waals surface area contributed by atoms with Gasteiger partial charge in [-0.3, -0.25) is 9.59 Å². The minimum atomic E-state index is -0.435. The first-order chi connectivity index (χ1) is 25.1. The highest BCUT2D eigenvalue weighted by atomic mass is 16.6. The molecule has 1 aliphatic carbocycles. The Morgan fingerprint density at radius 2 is 0.904 bits per heavy atom. The summed E-state index contributed by atoms with van der Waals surface area (Å²) < 4.78 is 43.7. The SMILES string of the molecule is CC1(COCCCCOC(=O)c2ccc(OC(=O)C3CCC(C(=O)Oc4ccc(C(=O)OCCCCOCC5(C)COC5)cc4)CC3)cc2)COC1. The second-order valence-electron chi connectivity index (χ2n) is 14.8. The van der Waals surface area contributed by atoms with Crippen LogP contribution in [0.3, 0.4) is 0 Å². The maximum Gasteiger partial charge on any atom is 0.338 e. The van der Waals surface area contributed by atoms with Crippen molar-refractivity contribution >= 4 is 23.9 Å². The van der Waals surface area contributed by atoms with Crippen molar-refractivity contribution < 1.29 is 57.1 Å². The minimum Gasteiger partial charge on any atom is -0.462 e. The molecule has 0 bridgehead atoms. The van der Waals surface area contributed by atoms with E-state index < -0.39 is 11.9 Å². The molecule has 12 heteroatoms. The lowest BCUT2D eigenvalue weighted by Gasteiger charge is -2.37. The molecule has 12 nitrogen and oxygen atoms in total. The first kappa shape index (κ1) is 39.4. The van der Waals surface area contributed by atoms with E-state index in [0.717, 1.165) is 39.3 Å². The van der Waals surface area contributed by atoms with Gasteiger partial charge >= 0.3 is 23.9 Å². The molecule has 2 heterocycles. The summed E-state index contributed by atoms with van der Waals surface area (Å²) in [4.78, 5) is 50.5. The van der Waals surface area contributed by atoms with E-state index in [2.05, 4.69) is 13.8 Å². The van der Waals surface area contributed by atoms with Crippen molar-refractivity contribution in [2.45, 2.75) is 65.2 Å². The summed E-state index contributed by atoms with van der Waals surface area (Å²) in [7, 11) is 0. The Bertz CT molecular complexity index is 1340. The lowest BCUT2D eigenvalue weighted by molar-refractivity contribution is -0.145. The molecule has 0 atom stereocenters. The summed E-state index contributed by atoms with van der Waals surface area (Å²) in [6.07, 6.45) is 4.97. The molecule has 2 saturated heterocycles. The molecule has 52 heavy (non-hydrogen) atoms. The van der Waals surface area contributed by atoms with Gasteiger partial charge < -0.3 is 37.9 Å². The lowest BCUT2D eigenvalue weighted by atomic mass is 9.82. The normalized spacial score (nSPS) is 20.1. The average Bonchev–Trinajstić information content (AvgIpc) is 3.13. The monoisotopic (exact) mass is 724 g/mol. The van der Waals surface area contributed by atoms with Crippen molar-refractivity contribution in [1.82, 2.24) is 0 Å². The highest BCUT2D eigenvalue weighted by Gasteiger charge is 2.35. The summed E-state index contributed by atoms with van der Waals surface area (Å²) in [6, 6.07) is 12.6. The van der Waals surface area contributed by atoms with Crippen LogP contribution in [0.15, 0.2) is 48.5 Å². The Morgan fingerprint density at radius 1 is 0.558 bits per heavy atom. The fourth-order valence-corrected chi connectivity index (χ4v) is 6.10. The van der Waals surface area contributed by atoms with Gasteiger partial charge in [0.2, 0.25) is 0 Å². The van der Waals surface area contributed by atoms with Crippen LogP contribution in [0.4, 0.5) is 0 Å². The third-order valence-electron chi connectivity index (χ3n) is 9.55. The van der Waals surface area contributed by atoms with Gasteiger partial charge in [0.15, 0.2) is 0 Å². The topological polar surface area (TPSA) is 142 Å². The van der Waals surface area contributed by atoms with E-state index in [1.165, 1.54) is 0 Å². The largest absolute Gasteiger partial charge is 0.462 e. The number of carbonyl (C=O) groups excluding carboxylic acids is 4. The molecular formula is C40H52O12. The molecule has 0 radical (unpaired) electrons. The van der Waals surface area contributed by atoms with E-state index >= 15 is 0 Å². The van der Waals surface area contributed by atoms with E-state index in [-0.39, 0.29) is 34.6 Å². The Labute approximate surface area is 305 Å². The Hall–Kier alpha value is -3.84. The van der Waals surface area contributed by atoms with Crippen LogP contribution in [-0.4, -0.2) is 89.9 Å². The maximum atomic E-state index is 12.8. The second-order valence-corrected chi connectivity index (χ2v) is 14.8. The van der Waals surface area contributed by atoms with Crippen molar-refractivity contribution in [3.8, 4) is 11.5 Å². The first-order valence-corrected chi connectivity index (χ1v) is 18.4. The van der Waals surface area contributed by atoms with Gasteiger partial charge in [0.25, 0.3) is 0 Å². The van der Waals surface area contributed by atoms with E-state index in [1.807, 2.05) is 0 Å². The number of unbranched alkanes of at least 4 members (excludes halogenated alkanes) is 2. The Balaban J connectivity index is 0.916. The number of hydrogen-bond donors (Lipinski definition) is 0. The molecule has 2 aromatic rings. The minimum absolute atomic E-state index is 0.126. The van der Waals surface area contributed by atoms with Crippen LogP contribution in [0, 0.1) is 22.7 Å². The molecule has 0 N–H and O–H groups in total. The third-order valence-corrected chi connectivity index (χ3v) is 9.55. The first-order valence-electron chi connectivity index (χ1n) is 18.4. The van der Waals surface area contributed by atoms with Gasteiger partial charge in [-0.2, -0.15) is 0 Å². The highest BCUT2D eigenvalue weighted by Crippen LogP contribution is 2.32. The highest BCUT2D eigenvalue weighted by molar-refractivity contribution is 5.90. The number of ether oxygens (including phenoxy) is 8. The summed E-state index contributed by atoms with van der Waals surface area (Å²) in [5, 5.41) is 0. The van der Waals surface area contributed by atoms with Crippen molar-refractivity contribution in [3.05, 3.63) is 59.7 Å². The van der Waals surface area contributed by atoms with Crippen LogP contribution in [0.25, 0.3) is 0 Å². The molecule has 3 aliphatic rings. The van der Waals surface area contributed by atoms with Gasteiger partial charge in [0.05, 0.1) is 75.8 Å². The van der Waals surface area contributed by atoms with Gasteiger partial charge in [-0.15, -0.1) is 0 Å². The third kappa shape index (κ3) is 12.1. The van der Waals surface area contributed by atoms with Crippen molar-refractivity contribution in [2.75, 3.05) is 66.1 Å². The number of hydrogen-bond acceptors (Lipinski definition) is 12. The summed E-state index contributed by atoms with van der Waals surface area (Å²) in [5.74, 6) is -1.61. The van der Waals surface area contributed by atoms with Gasteiger partial charge in [-0.25, -0.2) is 9.59 Å². The molecule has 1 saturated carbocycles. The lowest BCUT2D eigenvalue weighted by Crippen LogP contribution is -2.43. The Morgan fingerprint density at radius 3 is 1.23 bits per heavy atom. The molecule has 0 spiro atoms. The van der Waals surface area contributed by atoms with Gasteiger partial charge in [-0.05, 0) is 99.9 Å². The van der Waals surface area contributed by atoms with E-state index in [4.69, 9.17) is 37.9 Å². The van der Waals surface area contributed by atoms with E-state index in [1.54, 1.807) is 48.5 Å². The predicted octanol–water partition coefficient (Wildman–Crippen LogP) is 5.98. The fourth-order valence-electron chi connectivity index (χ4n) is 6.10. The van der Waals surface area contributed by atoms with Crippen LogP contribution in [-0.2, 0) is 38.0 Å². The molecule has 284 valence electrons. The standard InChI is InChI=1S/C40H52O12/c1-39(25-47-26-39)23-45-19-3-5-21-49-35(41)29-11-15-33(16-12-29)51-37(43)31-7-9-32(10-8-31)38(44)52-34-17-13-30(14-18-34)36(42)50-22-6-4-20-46-24-40(2)27-48-28-40/h11-18,31-32H,3-10,19-28H2,1-2H3. The number of carbonyl (C=O) groups is 4. The average molecular weight is 725 g/mol. The molecule has 5 rings (SSSR count). The molecule has 0 amide bonds. The van der Waals surface area contributed by atoms with Crippen LogP contribution >= 0.6 is 0 Å². The zero-order valence-electron chi connectivity index (χ0n) is 30.4. The maximum absolute atomic E-state index is 12.8. The van der Waals surface area contributed by atoms with Crippen molar-refractivity contribution in [1.29, 1.82) is 0 Å². The number of benzene rings is 2. The zero-order valence-corrected chi connectivity index (χ0v) is 30.4. The van der Waals surface area contributed by atoms with Crippen molar-refractivity contribution in [3.63, 3.8) is 0 Å². The molecule has 2 aliphatic heterocycles. The smallest absolute Gasteiger partial charge is 0.338 e. The fraction of sp³-hybridized carbons (Fsp3) is 0.600. The summed E-state index contributed by atoms with van der Waals surface area (Å²) >= 11 is 0. The van der Waals surface area contributed by atoms with Gasteiger partial charge in [-0.1, -0.05) is 13.8 Å². The summed E-state index contributed by atoms with van der Waals surface area (Å²) in [6.45, 7) is 10.4. The molecule has 2 aromatic carbocycles. The molecule has 0 unspecified atom stereocenters. The van der Waals surface area contributed by atoms with Crippen LogP contribution in [0.1, 0.15) is 85.9 Å². The quantitative estimate of drug-likeness (QED) is 0.0900. The Kier molecular flexibility index (Phi) is 14.6. The van der Waals surface area contributed by atoms with E-state index in [9.17, 15) is 19.2 Å². The zero-order chi connectivity index (χ0) is 36.8. The molecule has 3 fully saturated rings. The van der Waals surface area contributed by atoms with Gasteiger partial charge in [0.1, 0.15) is 11.5 Å². The summed E-state index contributed by atoms with van der Waals surface area (Å²) in [5.41, 5.74) is 1.00. The number of rotatable bonds is 20. The van der Waals surface area contributed by atoms with Crippen LogP contribution in [0.5, 0.6) is 11.5 Å². The van der Waals surface area contributed by atoms with Crippen molar-refractivity contribution in [2.24, 2.45) is 22.7 Å². The van der Waals surface area contributed by atoms with Crippen LogP contribution in [0.2, 0.25) is 0 Å². The predicted molar refractivity (Wildman–Crippen MR) is 188 cm³/mol.